The minimum Gasteiger partial charge on any atom is -0.325 e. The molecule has 1 aromatic rings. The molecule has 0 aliphatic heterocycles. The molecule has 3 heteroatoms. The lowest BCUT2D eigenvalue weighted by atomic mass is 9.74. The van der Waals surface area contributed by atoms with Crippen molar-refractivity contribution < 1.29 is 0 Å². The third kappa shape index (κ3) is 3.15. The highest BCUT2D eigenvalue weighted by Crippen LogP contribution is 2.35. The zero-order chi connectivity index (χ0) is 12.5. The summed E-state index contributed by atoms with van der Waals surface area (Å²) in [6.07, 6.45) is 5.50. The first kappa shape index (κ1) is 13.2. The van der Waals surface area contributed by atoms with E-state index in [2.05, 4.69) is 6.92 Å². The Labute approximate surface area is 113 Å². The SMILES string of the molecule is CC1CCCC(N)(Cc2cccc(Cl)c2Cl)C1. The van der Waals surface area contributed by atoms with Gasteiger partial charge in [0.05, 0.1) is 10.0 Å². The second-order valence-corrected chi connectivity index (χ2v) is 6.24. The Morgan fingerprint density at radius 2 is 2.18 bits per heavy atom. The van der Waals surface area contributed by atoms with Crippen LogP contribution in [0.2, 0.25) is 10.0 Å². The van der Waals surface area contributed by atoms with E-state index in [9.17, 15) is 0 Å². The summed E-state index contributed by atoms with van der Waals surface area (Å²) in [6.45, 7) is 2.28. The fraction of sp³-hybridized carbons (Fsp3) is 0.571. The number of halogens is 2. The van der Waals surface area contributed by atoms with Gasteiger partial charge in [-0.25, -0.2) is 0 Å². The Morgan fingerprint density at radius 3 is 2.88 bits per heavy atom. The van der Waals surface area contributed by atoms with Gasteiger partial charge >= 0.3 is 0 Å². The maximum Gasteiger partial charge on any atom is 0.0624 e. The summed E-state index contributed by atoms with van der Waals surface area (Å²) in [5, 5.41) is 1.29. The van der Waals surface area contributed by atoms with E-state index in [1.54, 1.807) is 0 Å². The summed E-state index contributed by atoms with van der Waals surface area (Å²) in [5.74, 6) is 0.715. The third-order valence-corrected chi connectivity index (χ3v) is 4.56. The van der Waals surface area contributed by atoms with Crippen LogP contribution in [0.15, 0.2) is 18.2 Å². The number of hydrogen-bond acceptors (Lipinski definition) is 1. The topological polar surface area (TPSA) is 26.0 Å². The molecule has 0 spiro atoms. The second-order valence-electron chi connectivity index (χ2n) is 5.45. The van der Waals surface area contributed by atoms with E-state index in [4.69, 9.17) is 28.9 Å². The Hall–Kier alpha value is -0.240. The molecule has 0 aromatic heterocycles. The molecule has 1 aromatic carbocycles. The van der Waals surface area contributed by atoms with Crippen LogP contribution < -0.4 is 5.73 Å². The van der Waals surface area contributed by atoms with Crippen LogP contribution in [0.5, 0.6) is 0 Å². The molecule has 1 aliphatic carbocycles. The Bertz CT molecular complexity index is 405. The van der Waals surface area contributed by atoms with Crippen LogP contribution >= 0.6 is 23.2 Å². The molecule has 2 unspecified atom stereocenters. The quantitative estimate of drug-likeness (QED) is 0.846. The van der Waals surface area contributed by atoms with E-state index in [1.807, 2.05) is 18.2 Å². The van der Waals surface area contributed by atoms with Crippen molar-refractivity contribution >= 4 is 23.2 Å². The molecule has 1 fully saturated rings. The summed E-state index contributed by atoms with van der Waals surface area (Å²) in [6, 6.07) is 5.79. The van der Waals surface area contributed by atoms with Gasteiger partial charge in [0, 0.05) is 5.54 Å². The fourth-order valence-corrected chi connectivity index (χ4v) is 3.31. The van der Waals surface area contributed by atoms with Crippen molar-refractivity contribution in [3.05, 3.63) is 33.8 Å². The van der Waals surface area contributed by atoms with Gasteiger partial charge in [0.2, 0.25) is 0 Å². The molecule has 2 atom stereocenters. The van der Waals surface area contributed by atoms with Crippen LogP contribution in [0.25, 0.3) is 0 Å². The lowest BCUT2D eigenvalue weighted by Crippen LogP contribution is -2.45. The monoisotopic (exact) mass is 271 g/mol. The molecule has 1 nitrogen and oxygen atoms in total. The van der Waals surface area contributed by atoms with E-state index in [0.717, 1.165) is 24.8 Å². The van der Waals surface area contributed by atoms with Gasteiger partial charge in [-0.05, 0) is 36.8 Å². The van der Waals surface area contributed by atoms with Crippen LogP contribution in [0.4, 0.5) is 0 Å². The van der Waals surface area contributed by atoms with Crippen LogP contribution in [0.1, 0.15) is 38.2 Å². The van der Waals surface area contributed by atoms with Crippen molar-refractivity contribution in [2.75, 3.05) is 0 Å². The number of rotatable bonds is 2. The first-order valence-electron chi connectivity index (χ1n) is 6.22. The molecule has 1 saturated carbocycles. The molecule has 17 heavy (non-hydrogen) atoms. The predicted octanol–water partition coefficient (Wildman–Crippen LogP) is 4.44. The summed E-state index contributed by atoms with van der Waals surface area (Å²) < 4.78 is 0. The number of benzene rings is 1. The Kier molecular flexibility index (Phi) is 4.02. The summed E-state index contributed by atoms with van der Waals surface area (Å²) >= 11 is 12.3. The standard InChI is InChI=1S/C14H19Cl2N/c1-10-4-3-7-14(17,8-10)9-11-5-2-6-12(15)13(11)16/h2,5-6,10H,3-4,7-9,17H2,1H3. The van der Waals surface area contributed by atoms with Crippen molar-refractivity contribution in [1.29, 1.82) is 0 Å². The van der Waals surface area contributed by atoms with E-state index in [1.165, 1.54) is 12.8 Å². The van der Waals surface area contributed by atoms with Crippen molar-refractivity contribution in [1.82, 2.24) is 0 Å². The molecule has 0 radical (unpaired) electrons. The molecule has 1 aliphatic rings. The van der Waals surface area contributed by atoms with E-state index in [-0.39, 0.29) is 5.54 Å². The zero-order valence-electron chi connectivity index (χ0n) is 10.2. The third-order valence-electron chi connectivity index (χ3n) is 3.70. The molecule has 0 heterocycles. The normalized spacial score (nSPS) is 29.3. The van der Waals surface area contributed by atoms with Crippen molar-refractivity contribution in [2.45, 2.75) is 44.6 Å². The minimum atomic E-state index is -0.105. The van der Waals surface area contributed by atoms with Crippen molar-refractivity contribution in [2.24, 2.45) is 11.7 Å². The molecule has 0 amide bonds. The average molecular weight is 272 g/mol. The number of hydrogen-bond donors (Lipinski definition) is 1. The maximum atomic E-state index is 6.50. The summed E-state index contributed by atoms with van der Waals surface area (Å²) in [4.78, 5) is 0. The highest BCUT2D eigenvalue weighted by atomic mass is 35.5. The first-order chi connectivity index (χ1) is 8.00. The van der Waals surface area contributed by atoms with Crippen LogP contribution in [-0.2, 0) is 6.42 Å². The van der Waals surface area contributed by atoms with Crippen molar-refractivity contribution in [3.8, 4) is 0 Å². The fourth-order valence-electron chi connectivity index (χ4n) is 2.93. The highest BCUT2D eigenvalue weighted by Gasteiger charge is 2.31. The summed E-state index contributed by atoms with van der Waals surface area (Å²) in [7, 11) is 0. The van der Waals surface area contributed by atoms with Gasteiger partial charge in [0.1, 0.15) is 0 Å². The Balaban J connectivity index is 2.17. The molecule has 2 N–H and O–H groups in total. The first-order valence-corrected chi connectivity index (χ1v) is 6.97. The lowest BCUT2D eigenvalue weighted by Gasteiger charge is -2.37. The van der Waals surface area contributed by atoms with Gasteiger partial charge < -0.3 is 5.73 Å². The minimum absolute atomic E-state index is 0.105. The number of nitrogens with two attached hydrogens (primary N) is 1. The largest absolute Gasteiger partial charge is 0.325 e. The highest BCUT2D eigenvalue weighted by molar-refractivity contribution is 6.42. The smallest absolute Gasteiger partial charge is 0.0624 e. The Morgan fingerprint density at radius 1 is 1.41 bits per heavy atom. The van der Waals surface area contributed by atoms with Gasteiger partial charge in [0.25, 0.3) is 0 Å². The van der Waals surface area contributed by atoms with Gasteiger partial charge in [0.15, 0.2) is 0 Å². The van der Waals surface area contributed by atoms with E-state index < -0.39 is 0 Å². The van der Waals surface area contributed by atoms with Crippen molar-refractivity contribution in [3.63, 3.8) is 0 Å². The van der Waals surface area contributed by atoms with Gasteiger partial charge in [-0.3, -0.25) is 0 Å². The lowest BCUT2D eigenvalue weighted by molar-refractivity contribution is 0.235. The summed E-state index contributed by atoms with van der Waals surface area (Å²) in [5.41, 5.74) is 7.47. The molecule has 0 saturated heterocycles. The van der Waals surface area contributed by atoms with Crippen LogP contribution in [0.3, 0.4) is 0 Å². The van der Waals surface area contributed by atoms with Gasteiger partial charge in [-0.1, -0.05) is 55.1 Å². The molecule has 94 valence electrons. The van der Waals surface area contributed by atoms with Crippen LogP contribution in [-0.4, -0.2) is 5.54 Å². The van der Waals surface area contributed by atoms with E-state index in [0.29, 0.717) is 16.0 Å². The zero-order valence-corrected chi connectivity index (χ0v) is 11.7. The van der Waals surface area contributed by atoms with Crippen LogP contribution in [0, 0.1) is 5.92 Å². The molecule has 0 bridgehead atoms. The van der Waals surface area contributed by atoms with E-state index >= 15 is 0 Å². The predicted molar refractivity (Wildman–Crippen MR) is 74.7 cm³/mol. The molecular weight excluding hydrogens is 253 g/mol. The average Bonchev–Trinajstić information content (AvgIpc) is 2.24. The molecule has 2 rings (SSSR count). The molecular formula is C14H19Cl2N. The van der Waals surface area contributed by atoms with Gasteiger partial charge in [-0.15, -0.1) is 0 Å². The van der Waals surface area contributed by atoms with Gasteiger partial charge in [-0.2, -0.15) is 0 Å². The maximum absolute atomic E-state index is 6.50. The second kappa shape index (κ2) is 5.17.